The highest BCUT2D eigenvalue weighted by atomic mass is 19.1. The molecule has 1 aliphatic carbocycles. The van der Waals surface area contributed by atoms with E-state index in [-0.39, 0.29) is 11.8 Å². The van der Waals surface area contributed by atoms with Crippen LogP contribution in [0.25, 0.3) is 0 Å². The lowest BCUT2D eigenvalue weighted by Crippen LogP contribution is -2.33. The van der Waals surface area contributed by atoms with Gasteiger partial charge in [-0.25, -0.2) is 9.18 Å². The first kappa shape index (κ1) is 27.2. The number of ether oxygens (including phenoxy) is 3. The average Bonchev–Trinajstić information content (AvgIpc) is 3.38. The van der Waals surface area contributed by atoms with E-state index in [1.807, 2.05) is 67.6 Å². The van der Waals surface area contributed by atoms with Crippen LogP contribution in [0.4, 0.5) is 4.39 Å². The highest BCUT2D eigenvalue weighted by molar-refractivity contribution is 5.75. The van der Waals surface area contributed by atoms with Crippen molar-refractivity contribution in [3.05, 3.63) is 95.3 Å². The van der Waals surface area contributed by atoms with E-state index in [0.29, 0.717) is 43.3 Å². The molecule has 1 saturated heterocycles. The molecule has 2 fully saturated rings. The summed E-state index contributed by atoms with van der Waals surface area (Å²) >= 11 is 0. The van der Waals surface area contributed by atoms with Gasteiger partial charge in [0, 0.05) is 38.6 Å². The minimum Gasteiger partial charge on any atom is -0.492 e. The van der Waals surface area contributed by atoms with Crippen molar-refractivity contribution in [2.75, 3.05) is 32.8 Å². The van der Waals surface area contributed by atoms with Gasteiger partial charge in [0.15, 0.2) is 6.10 Å². The van der Waals surface area contributed by atoms with Crippen LogP contribution in [0.15, 0.2) is 72.8 Å². The number of hydrogen-bond donors (Lipinski definition) is 1. The molecule has 0 aromatic heterocycles. The number of piperidine rings is 1. The summed E-state index contributed by atoms with van der Waals surface area (Å²) in [5, 5.41) is 3.64. The van der Waals surface area contributed by atoms with Crippen molar-refractivity contribution in [2.24, 2.45) is 11.8 Å². The van der Waals surface area contributed by atoms with Crippen molar-refractivity contribution in [3.63, 3.8) is 0 Å². The van der Waals surface area contributed by atoms with Gasteiger partial charge in [0.25, 0.3) is 0 Å². The zero-order chi connectivity index (χ0) is 27.2. The van der Waals surface area contributed by atoms with Gasteiger partial charge >= 0.3 is 5.97 Å². The van der Waals surface area contributed by atoms with Gasteiger partial charge in [0.1, 0.15) is 23.9 Å². The lowest BCUT2D eigenvalue weighted by molar-refractivity contribution is -0.151. The van der Waals surface area contributed by atoms with Gasteiger partial charge in [0.2, 0.25) is 0 Å². The Labute approximate surface area is 230 Å². The Bertz CT molecular complexity index is 1220. The first-order valence-corrected chi connectivity index (χ1v) is 13.8. The molecule has 0 spiro atoms. The van der Waals surface area contributed by atoms with E-state index in [1.165, 1.54) is 12.1 Å². The number of likely N-dealkylation sites (tertiary alicyclic amines) is 1. The third-order valence-electron chi connectivity index (χ3n) is 7.50. The standard InChI is InChI=1S/C32H37FN2O4/c1-3-37-32(36)30(39-27-6-4-5-22(2)17-27)18-23-9-13-26(14-10-23)38-16-15-34-31-28-20-35(21-29(28)31)19-24-7-11-25(33)12-8-24/h4-14,17,28-31,34H,3,15-16,18-21H2,1-2H3/t28-,29+,30-,31?/m0/s1. The minimum absolute atomic E-state index is 0.184. The highest BCUT2D eigenvalue weighted by Crippen LogP contribution is 2.45. The number of hydrogen-bond acceptors (Lipinski definition) is 6. The predicted octanol–water partition coefficient (Wildman–Crippen LogP) is 4.79. The van der Waals surface area contributed by atoms with Crippen LogP contribution in [0.3, 0.4) is 0 Å². The van der Waals surface area contributed by atoms with Crippen molar-refractivity contribution in [3.8, 4) is 11.5 Å². The third kappa shape index (κ3) is 7.37. The molecule has 0 radical (unpaired) electrons. The summed E-state index contributed by atoms with van der Waals surface area (Å²) in [6.07, 6.45) is -0.302. The Morgan fingerprint density at radius 3 is 2.41 bits per heavy atom. The average molecular weight is 533 g/mol. The van der Waals surface area contributed by atoms with Crippen LogP contribution in [0, 0.1) is 24.6 Å². The lowest BCUT2D eigenvalue weighted by Gasteiger charge is -2.20. The maximum Gasteiger partial charge on any atom is 0.347 e. The van der Waals surface area contributed by atoms with Crippen molar-refractivity contribution >= 4 is 5.97 Å². The van der Waals surface area contributed by atoms with Gasteiger partial charge < -0.3 is 19.5 Å². The molecule has 6 nitrogen and oxygen atoms in total. The van der Waals surface area contributed by atoms with E-state index in [1.54, 1.807) is 6.92 Å². The van der Waals surface area contributed by atoms with Crippen LogP contribution in [0.2, 0.25) is 0 Å². The number of carbonyl (C=O) groups excluding carboxylic acids is 1. The molecule has 0 amide bonds. The fourth-order valence-electron chi connectivity index (χ4n) is 5.49. The Kier molecular flexibility index (Phi) is 8.79. The van der Waals surface area contributed by atoms with Gasteiger partial charge in [-0.2, -0.15) is 0 Å². The second-order valence-electron chi connectivity index (χ2n) is 10.5. The molecule has 5 rings (SSSR count). The van der Waals surface area contributed by atoms with E-state index in [4.69, 9.17) is 14.2 Å². The number of rotatable bonds is 13. The molecule has 2 aliphatic rings. The summed E-state index contributed by atoms with van der Waals surface area (Å²) in [5.41, 5.74) is 3.21. The molecule has 4 atom stereocenters. The fourth-order valence-corrected chi connectivity index (χ4v) is 5.49. The molecule has 39 heavy (non-hydrogen) atoms. The van der Waals surface area contributed by atoms with Gasteiger partial charge in [0.05, 0.1) is 6.61 Å². The topological polar surface area (TPSA) is 60.0 Å². The van der Waals surface area contributed by atoms with Gasteiger partial charge in [-0.3, -0.25) is 4.90 Å². The fraction of sp³-hybridized carbons (Fsp3) is 0.406. The van der Waals surface area contributed by atoms with E-state index in [2.05, 4.69) is 10.2 Å². The maximum absolute atomic E-state index is 13.1. The smallest absolute Gasteiger partial charge is 0.347 e. The Morgan fingerprint density at radius 1 is 1.00 bits per heavy atom. The molecule has 3 aromatic rings. The first-order valence-electron chi connectivity index (χ1n) is 13.8. The number of carbonyl (C=O) groups is 1. The quantitative estimate of drug-likeness (QED) is 0.253. The molecule has 1 unspecified atom stereocenters. The summed E-state index contributed by atoms with van der Waals surface area (Å²) in [5.74, 6) is 2.29. The van der Waals surface area contributed by atoms with Crippen LogP contribution in [0.5, 0.6) is 11.5 Å². The van der Waals surface area contributed by atoms with Crippen molar-refractivity contribution in [1.29, 1.82) is 0 Å². The van der Waals surface area contributed by atoms with E-state index in [9.17, 15) is 9.18 Å². The Morgan fingerprint density at radius 2 is 1.72 bits per heavy atom. The molecule has 3 aromatic carbocycles. The first-order chi connectivity index (χ1) is 19.0. The minimum atomic E-state index is -0.715. The van der Waals surface area contributed by atoms with Crippen molar-refractivity contribution < 1.29 is 23.4 Å². The number of nitrogens with one attached hydrogen (secondary N) is 1. The normalized spacial score (nSPS) is 20.7. The van der Waals surface area contributed by atoms with Crippen molar-refractivity contribution in [1.82, 2.24) is 10.2 Å². The summed E-state index contributed by atoms with van der Waals surface area (Å²) in [6.45, 7) is 8.54. The van der Waals surface area contributed by atoms with Crippen LogP contribution >= 0.6 is 0 Å². The Hall–Kier alpha value is -3.42. The van der Waals surface area contributed by atoms with Gasteiger partial charge in [-0.05, 0) is 78.8 Å². The molecule has 7 heteroatoms. The second-order valence-corrected chi connectivity index (χ2v) is 10.5. The number of esters is 1. The third-order valence-corrected chi connectivity index (χ3v) is 7.50. The molecule has 206 valence electrons. The molecular formula is C32H37FN2O4. The SMILES string of the molecule is CCOC(=O)[C@H](Cc1ccc(OCCNC2[C@H]3CN(Cc4ccc(F)cc4)C[C@@H]23)cc1)Oc1cccc(C)c1. The lowest BCUT2D eigenvalue weighted by atomic mass is 10.1. The van der Waals surface area contributed by atoms with Crippen molar-refractivity contribution in [2.45, 2.75) is 39.0 Å². The summed E-state index contributed by atoms with van der Waals surface area (Å²) < 4.78 is 30.3. The molecule has 1 aliphatic heterocycles. The van der Waals surface area contributed by atoms with Crippen LogP contribution < -0.4 is 14.8 Å². The number of benzene rings is 3. The largest absolute Gasteiger partial charge is 0.492 e. The summed E-state index contributed by atoms with van der Waals surface area (Å²) in [4.78, 5) is 15.0. The highest BCUT2D eigenvalue weighted by Gasteiger charge is 2.55. The second kappa shape index (κ2) is 12.6. The summed E-state index contributed by atoms with van der Waals surface area (Å²) in [7, 11) is 0. The van der Waals surface area contributed by atoms with Gasteiger partial charge in [-0.15, -0.1) is 0 Å². The monoisotopic (exact) mass is 532 g/mol. The molecular weight excluding hydrogens is 495 g/mol. The maximum atomic E-state index is 13.1. The number of aryl methyl sites for hydroxylation is 1. The Balaban J connectivity index is 1.02. The molecule has 1 saturated carbocycles. The zero-order valence-corrected chi connectivity index (χ0v) is 22.6. The van der Waals surface area contributed by atoms with Crippen LogP contribution in [0.1, 0.15) is 23.6 Å². The molecule has 1 heterocycles. The number of halogens is 1. The van der Waals surface area contributed by atoms with Gasteiger partial charge in [-0.1, -0.05) is 36.4 Å². The van der Waals surface area contributed by atoms with E-state index in [0.717, 1.165) is 48.6 Å². The number of nitrogens with zero attached hydrogens (tertiary/aromatic N) is 1. The molecule has 1 N–H and O–H groups in total. The van der Waals surface area contributed by atoms with Crippen LogP contribution in [-0.4, -0.2) is 55.9 Å². The van der Waals surface area contributed by atoms with Crippen LogP contribution in [-0.2, 0) is 22.5 Å². The number of fused-ring (bicyclic) bond motifs is 1. The summed E-state index contributed by atoms with van der Waals surface area (Å²) in [6, 6.07) is 22.8. The van der Waals surface area contributed by atoms with E-state index < -0.39 is 6.10 Å². The van der Waals surface area contributed by atoms with E-state index >= 15 is 0 Å². The predicted molar refractivity (Wildman–Crippen MR) is 148 cm³/mol. The zero-order valence-electron chi connectivity index (χ0n) is 22.6. The molecule has 0 bridgehead atoms.